The highest BCUT2D eigenvalue weighted by atomic mass is 32.2. The van der Waals surface area contributed by atoms with Crippen molar-refractivity contribution in [2.75, 3.05) is 4.90 Å². The molecule has 0 bridgehead atoms. The maximum atomic E-state index is 2.59. The zero-order valence-corrected chi connectivity index (χ0v) is 19.3. The lowest BCUT2D eigenvalue weighted by Gasteiger charge is -2.34. The van der Waals surface area contributed by atoms with Crippen LogP contribution in [0.4, 0.5) is 11.4 Å². The molecular formula is C32H21NS. The molecule has 0 saturated carbocycles. The maximum Gasteiger partial charge on any atom is 0.0713 e. The number of nitrogens with zero attached hydrogens (tertiary/aromatic N) is 1. The largest absolute Gasteiger partial charge is 0.332 e. The third kappa shape index (κ3) is 2.41. The molecule has 8 rings (SSSR count). The minimum absolute atomic E-state index is 0.255. The van der Waals surface area contributed by atoms with Crippen molar-refractivity contribution >= 4 is 50.3 Å². The van der Waals surface area contributed by atoms with Gasteiger partial charge < -0.3 is 4.90 Å². The summed E-state index contributed by atoms with van der Waals surface area (Å²) in [6, 6.07) is 38.2. The quantitative estimate of drug-likeness (QED) is 0.235. The fraction of sp³-hybridized carbons (Fsp3) is 0.0625. The number of anilines is 2. The van der Waals surface area contributed by atoms with Gasteiger partial charge in [-0.05, 0) is 61.9 Å². The molecule has 160 valence electrons. The molecule has 0 amide bonds. The van der Waals surface area contributed by atoms with E-state index in [2.05, 4.69) is 120 Å². The predicted octanol–water partition coefficient (Wildman–Crippen LogP) is 8.68. The van der Waals surface area contributed by atoms with E-state index in [-0.39, 0.29) is 6.04 Å². The molecule has 0 spiro atoms. The number of allylic oxidation sites excluding steroid dienone is 2. The Kier molecular flexibility index (Phi) is 3.77. The van der Waals surface area contributed by atoms with Crippen molar-refractivity contribution in [3.05, 3.63) is 131 Å². The Balaban J connectivity index is 1.44. The molecule has 2 heteroatoms. The first kappa shape index (κ1) is 18.7. The van der Waals surface area contributed by atoms with Crippen LogP contribution in [0.1, 0.15) is 17.0 Å². The Morgan fingerprint density at radius 1 is 0.618 bits per heavy atom. The Morgan fingerprint density at radius 2 is 1.41 bits per heavy atom. The Bertz CT molecular complexity index is 1700. The van der Waals surface area contributed by atoms with Crippen LogP contribution >= 0.6 is 11.8 Å². The van der Waals surface area contributed by atoms with Crippen LogP contribution in [0.15, 0.2) is 125 Å². The van der Waals surface area contributed by atoms with Crippen molar-refractivity contribution in [3.8, 4) is 0 Å². The van der Waals surface area contributed by atoms with Crippen LogP contribution in [-0.2, 0) is 0 Å². The van der Waals surface area contributed by atoms with Gasteiger partial charge in [0.25, 0.3) is 0 Å². The van der Waals surface area contributed by atoms with Gasteiger partial charge in [-0.1, -0.05) is 103 Å². The van der Waals surface area contributed by atoms with E-state index < -0.39 is 0 Å². The molecule has 1 aliphatic carbocycles. The van der Waals surface area contributed by atoms with E-state index in [0.29, 0.717) is 5.92 Å². The number of hydrogen-bond donors (Lipinski definition) is 0. The van der Waals surface area contributed by atoms with Crippen molar-refractivity contribution in [1.82, 2.24) is 0 Å². The van der Waals surface area contributed by atoms with Crippen LogP contribution < -0.4 is 4.90 Å². The van der Waals surface area contributed by atoms with Gasteiger partial charge in [-0.15, -0.1) is 0 Å². The highest BCUT2D eigenvalue weighted by Crippen LogP contribution is 2.60. The van der Waals surface area contributed by atoms with Gasteiger partial charge in [0.1, 0.15) is 0 Å². The second kappa shape index (κ2) is 6.88. The fourth-order valence-corrected chi connectivity index (χ4v) is 7.46. The zero-order valence-electron chi connectivity index (χ0n) is 18.5. The molecule has 1 nitrogen and oxygen atoms in total. The highest BCUT2D eigenvalue weighted by molar-refractivity contribution is 8.03. The highest BCUT2D eigenvalue weighted by Gasteiger charge is 2.46. The smallest absolute Gasteiger partial charge is 0.0713 e. The summed E-state index contributed by atoms with van der Waals surface area (Å²) in [4.78, 5) is 5.45. The van der Waals surface area contributed by atoms with Gasteiger partial charge in [0, 0.05) is 22.1 Å². The summed E-state index contributed by atoms with van der Waals surface area (Å²) in [7, 11) is 0. The van der Waals surface area contributed by atoms with Crippen molar-refractivity contribution in [2.24, 2.45) is 0 Å². The summed E-state index contributed by atoms with van der Waals surface area (Å²) in [5.41, 5.74) is 6.85. The lowest BCUT2D eigenvalue weighted by Crippen LogP contribution is -2.33. The summed E-state index contributed by atoms with van der Waals surface area (Å²) in [5, 5.41) is 5.31. The molecule has 0 aromatic heterocycles. The third-order valence-corrected chi connectivity index (χ3v) is 8.83. The summed E-state index contributed by atoms with van der Waals surface area (Å²) < 4.78 is 0. The number of hydrogen-bond acceptors (Lipinski definition) is 2. The van der Waals surface area contributed by atoms with Gasteiger partial charge in [-0.25, -0.2) is 0 Å². The number of thioether (sulfide) groups is 1. The van der Waals surface area contributed by atoms with E-state index in [0.717, 1.165) is 0 Å². The van der Waals surface area contributed by atoms with Crippen LogP contribution in [0, 0.1) is 0 Å². The lowest BCUT2D eigenvalue weighted by atomic mass is 9.81. The minimum Gasteiger partial charge on any atom is -0.332 e. The van der Waals surface area contributed by atoms with E-state index in [1.165, 1.54) is 59.4 Å². The first-order chi connectivity index (χ1) is 16.9. The second-order valence-electron chi connectivity index (χ2n) is 9.30. The Morgan fingerprint density at radius 3 is 2.35 bits per heavy atom. The van der Waals surface area contributed by atoms with E-state index in [1.807, 2.05) is 11.8 Å². The number of rotatable bonds is 1. The topological polar surface area (TPSA) is 3.24 Å². The summed E-state index contributed by atoms with van der Waals surface area (Å²) in [6.45, 7) is 0. The average molecular weight is 452 g/mol. The van der Waals surface area contributed by atoms with Crippen LogP contribution in [-0.4, -0.2) is 6.04 Å². The average Bonchev–Trinajstić information content (AvgIpc) is 3.44. The van der Waals surface area contributed by atoms with Gasteiger partial charge in [0.15, 0.2) is 0 Å². The number of para-hydroxylation sites is 1. The normalized spacial score (nSPS) is 19.9. The minimum atomic E-state index is 0.255. The molecule has 2 unspecified atom stereocenters. The van der Waals surface area contributed by atoms with Crippen LogP contribution in [0.3, 0.4) is 0 Å². The molecule has 0 saturated heterocycles. The van der Waals surface area contributed by atoms with E-state index in [1.54, 1.807) is 0 Å². The molecule has 0 fully saturated rings. The molecule has 0 radical (unpaired) electrons. The molecule has 2 aliphatic heterocycles. The molecule has 5 aromatic carbocycles. The van der Waals surface area contributed by atoms with Crippen LogP contribution in [0.25, 0.3) is 27.1 Å². The Hall–Kier alpha value is -3.75. The van der Waals surface area contributed by atoms with Crippen LogP contribution in [0.2, 0.25) is 0 Å². The Labute approximate surface area is 203 Å². The molecule has 2 heterocycles. The number of fused-ring (bicyclic) bond motifs is 11. The molecule has 2 atom stereocenters. The monoisotopic (exact) mass is 451 g/mol. The molecular weight excluding hydrogens is 430 g/mol. The van der Waals surface area contributed by atoms with E-state index in [9.17, 15) is 0 Å². The molecule has 3 aliphatic rings. The van der Waals surface area contributed by atoms with E-state index in [4.69, 9.17) is 0 Å². The molecule has 5 aromatic rings. The van der Waals surface area contributed by atoms with Crippen molar-refractivity contribution < 1.29 is 0 Å². The standard InChI is InChI=1S/C32H21NS/c1-2-9-21(10-3-1)33-27-18-16-23-22-11-5-4-8-20(22)14-15-24(23)30(27)26-17-19-29-31(32(26)33)25-12-6-7-13-28(25)34-29/h1-19,31-32H. The first-order valence-electron chi connectivity index (χ1n) is 11.9. The summed E-state index contributed by atoms with van der Waals surface area (Å²) in [6.07, 6.45) is 4.77. The lowest BCUT2D eigenvalue weighted by molar-refractivity contribution is 0.714. The van der Waals surface area contributed by atoms with Crippen molar-refractivity contribution in [2.45, 2.75) is 16.9 Å². The van der Waals surface area contributed by atoms with Crippen molar-refractivity contribution in [3.63, 3.8) is 0 Å². The summed E-state index contributed by atoms with van der Waals surface area (Å²) >= 11 is 1.94. The third-order valence-electron chi connectivity index (χ3n) is 7.61. The maximum absolute atomic E-state index is 2.59. The molecule has 0 N–H and O–H groups in total. The SMILES string of the molecule is C1=C2Sc3ccccc3C2C2C(=C1)c1c(ccc3c1ccc1ccccc13)N2c1ccccc1. The van der Waals surface area contributed by atoms with Gasteiger partial charge in [-0.2, -0.15) is 0 Å². The van der Waals surface area contributed by atoms with Crippen LogP contribution in [0.5, 0.6) is 0 Å². The van der Waals surface area contributed by atoms with Gasteiger partial charge >= 0.3 is 0 Å². The summed E-state index contributed by atoms with van der Waals surface area (Å²) in [5.74, 6) is 0.351. The predicted molar refractivity (Wildman–Crippen MR) is 145 cm³/mol. The zero-order chi connectivity index (χ0) is 22.2. The van der Waals surface area contributed by atoms with Gasteiger partial charge in [-0.3, -0.25) is 0 Å². The second-order valence-corrected chi connectivity index (χ2v) is 10.4. The van der Waals surface area contributed by atoms with Crippen molar-refractivity contribution in [1.29, 1.82) is 0 Å². The first-order valence-corrected chi connectivity index (χ1v) is 12.7. The fourth-order valence-electron chi connectivity index (χ4n) is 6.23. The van der Waals surface area contributed by atoms with E-state index >= 15 is 0 Å². The number of benzene rings is 5. The molecule has 34 heavy (non-hydrogen) atoms. The van der Waals surface area contributed by atoms with Gasteiger partial charge in [0.05, 0.1) is 11.7 Å². The van der Waals surface area contributed by atoms with Gasteiger partial charge in [0.2, 0.25) is 0 Å².